The Bertz CT molecular complexity index is 647. The number of amides is 1. The number of carbonyl (C=O) groups excluding carboxylic acids is 1. The van der Waals surface area contributed by atoms with E-state index >= 15 is 0 Å². The average molecular weight is 265 g/mol. The molecule has 0 aliphatic carbocycles. The van der Waals surface area contributed by atoms with Crippen molar-refractivity contribution in [2.45, 2.75) is 0 Å². The minimum atomic E-state index is -0.787. The molecule has 0 aliphatic heterocycles. The number of nitrogens with two attached hydrogens (primary N) is 2. The van der Waals surface area contributed by atoms with E-state index in [0.717, 1.165) is 18.2 Å². The molecule has 0 aliphatic rings. The van der Waals surface area contributed by atoms with E-state index in [1.807, 2.05) is 0 Å². The largest absolute Gasteiger partial charge is 0.434 e. The van der Waals surface area contributed by atoms with Gasteiger partial charge in [-0.1, -0.05) is 0 Å². The number of hydrogen-bond donors (Lipinski definition) is 2. The molecule has 0 saturated carbocycles. The molecule has 4 N–H and O–H groups in total. The van der Waals surface area contributed by atoms with E-state index in [1.165, 1.54) is 12.1 Å². The molecule has 0 fully saturated rings. The number of rotatable bonds is 3. The van der Waals surface area contributed by atoms with Gasteiger partial charge in [-0.25, -0.2) is 13.8 Å². The summed E-state index contributed by atoms with van der Waals surface area (Å²) >= 11 is 0. The van der Waals surface area contributed by atoms with E-state index in [9.17, 15) is 13.6 Å². The first-order valence-electron chi connectivity index (χ1n) is 5.16. The molecule has 0 unspecified atom stereocenters. The first-order chi connectivity index (χ1) is 8.97. The Kier molecular flexibility index (Phi) is 3.28. The number of anilines is 1. The van der Waals surface area contributed by atoms with Gasteiger partial charge in [-0.3, -0.25) is 4.79 Å². The van der Waals surface area contributed by atoms with Gasteiger partial charge in [0.05, 0.1) is 5.69 Å². The second-order valence-corrected chi connectivity index (χ2v) is 3.63. The number of hydrogen-bond acceptors (Lipinski definition) is 4. The summed E-state index contributed by atoms with van der Waals surface area (Å²) in [4.78, 5) is 14.7. The summed E-state index contributed by atoms with van der Waals surface area (Å²) in [6.07, 6.45) is 0. The number of nitrogen functional groups attached to an aromatic ring is 1. The molecular weight excluding hydrogens is 256 g/mol. The highest BCUT2D eigenvalue weighted by atomic mass is 19.1. The maximum Gasteiger partial charge on any atom is 0.267 e. The van der Waals surface area contributed by atoms with Gasteiger partial charge >= 0.3 is 0 Å². The molecule has 5 nitrogen and oxygen atoms in total. The SMILES string of the molecule is NC(=O)c1ccc(N)c(Oc2cc(F)ccc2F)n1. The van der Waals surface area contributed by atoms with Crippen LogP contribution in [0.25, 0.3) is 0 Å². The fraction of sp³-hybridized carbons (Fsp3) is 0. The lowest BCUT2D eigenvalue weighted by Gasteiger charge is -2.09. The summed E-state index contributed by atoms with van der Waals surface area (Å²) in [7, 11) is 0. The third kappa shape index (κ3) is 2.76. The Morgan fingerprint density at radius 1 is 1.21 bits per heavy atom. The summed E-state index contributed by atoms with van der Waals surface area (Å²) in [5, 5.41) is 0. The standard InChI is InChI=1S/C12H9F2N3O2/c13-6-1-2-7(14)10(5-6)19-12-8(15)3-4-9(17-12)11(16)18/h1-5H,15H2,(H2,16,18). The number of halogens is 2. The van der Waals surface area contributed by atoms with Gasteiger partial charge < -0.3 is 16.2 Å². The molecule has 0 spiro atoms. The molecular formula is C12H9F2N3O2. The van der Waals surface area contributed by atoms with E-state index in [4.69, 9.17) is 16.2 Å². The Morgan fingerprint density at radius 3 is 2.63 bits per heavy atom. The maximum absolute atomic E-state index is 13.4. The van der Waals surface area contributed by atoms with Crippen LogP contribution >= 0.6 is 0 Å². The zero-order valence-electron chi connectivity index (χ0n) is 9.56. The van der Waals surface area contributed by atoms with Crippen molar-refractivity contribution in [1.29, 1.82) is 0 Å². The fourth-order valence-corrected chi connectivity index (χ4v) is 1.33. The van der Waals surface area contributed by atoms with Gasteiger partial charge in [0.1, 0.15) is 11.5 Å². The summed E-state index contributed by atoms with van der Waals surface area (Å²) in [5.74, 6) is -2.86. The number of aromatic nitrogens is 1. The van der Waals surface area contributed by atoms with Crippen LogP contribution in [0.5, 0.6) is 11.6 Å². The highest BCUT2D eigenvalue weighted by Crippen LogP contribution is 2.28. The monoisotopic (exact) mass is 265 g/mol. The normalized spacial score (nSPS) is 10.2. The highest BCUT2D eigenvalue weighted by molar-refractivity contribution is 5.91. The predicted octanol–water partition coefficient (Wildman–Crippen LogP) is 1.83. The molecule has 7 heteroatoms. The zero-order valence-corrected chi connectivity index (χ0v) is 9.56. The molecule has 1 heterocycles. The predicted molar refractivity (Wildman–Crippen MR) is 63.6 cm³/mol. The van der Waals surface area contributed by atoms with Gasteiger partial charge in [-0.05, 0) is 24.3 Å². The minimum absolute atomic E-state index is 0.0636. The van der Waals surface area contributed by atoms with Crippen molar-refractivity contribution in [3.8, 4) is 11.6 Å². The van der Waals surface area contributed by atoms with Crippen molar-refractivity contribution in [1.82, 2.24) is 4.98 Å². The highest BCUT2D eigenvalue weighted by Gasteiger charge is 2.12. The van der Waals surface area contributed by atoms with E-state index in [0.29, 0.717) is 0 Å². The molecule has 98 valence electrons. The molecule has 19 heavy (non-hydrogen) atoms. The van der Waals surface area contributed by atoms with Gasteiger partial charge in [-0.15, -0.1) is 0 Å². The number of benzene rings is 1. The van der Waals surface area contributed by atoms with Crippen LogP contribution in [0.2, 0.25) is 0 Å². The van der Waals surface area contributed by atoms with Crippen LogP contribution < -0.4 is 16.2 Å². The van der Waals surface area contributed by atoms with Gasteiger partial charge in [-0.2, -0.15) is 0 Å². The number of primary amides is 1. The van der Waals surface area contributed by atoms with Gasteiger partial charge in [0, 0.05) is 6.07 Å². The van der Waals surface area contributed by atoms with Crippen molar-refractivity contribution in [3.05, 3.63) is 47.7 Å². The van der Waals surface area contributed by atoms with Crippen LogP contribution in [0.3, 0.4) is 0 Å². The molecule has 1 aromatic heterocycles. The van der Waals surface area contributed by atoms with Gasteiger partial charge in [0.25, 0.3) is 5.91 Å². The number of ether oxygens (including phenoxy) is 1. The van der Waals surface area contributed by atoms with Gasteiger partial charge in [0.2, 0.25) is 5.88 Å². The van der Waals surface area contributed by atoms with Crippen molar-refractivity contribution >= 4 is 11.6 Å². The number of pyridine rings is 1. The second-order valence-electron chi connectivity index (χ2n) is 3.63. The van der Waals surface area contributed by atoms with Gasteiger partial charge in [0.15, 0.2) is 11.6 Å². The third-order valence-corrected chi connectivity index (χ3v) is 2.24. The Balaban J connectivity index is 2.40. The molecule has 0 atom stereocenters. The van der Waals surface area contributed by atoms with Crippen LogP contribution in [-0.2, 0) is 0 Å². The van der Waals surface area contributed by atoms with Crippen molar-refractivity contribution in [2.75, 3.05) is 5.73 Å². The lowest BCUT2D eigenvalue weighted by Crippen LogP contribution is -2.13. The van der Waals surface area contributed by atoms with Crippen molar-refractivity contribution in [2.24, 2.45) is 5.73 Å². The summed E-state index contributed by atoms with van der Waals surface area (Å²) in [5.41, 5.74) is 10.6. The van der Waals surface area contributed by atoms with Crippen LogP contribution in [0.4, 0.5) is 14.5 Å². The van der Waals surface area contributed by atoms with Crippen LogP contribution in [0, 0.1) is 11.6 Å². The Morgan fingerprint density at radius 2 is 1.95 bits per heavy atom. The van der Waals surface area contributed by atoms with Crippen molar-refractivity contribution in [3.63, 3.8) is 0 Å². The van der Waals surface area contributed by atoms with E-state index < -0.39 is 17.5 Å². The second kappa shape index (κ2) is 4.89. The van der Waals surface area contributed by atoms with E-state index in [-0.39, 0.29) is 23.0 Å². The lowest BCUT2D eigenvalue weighted by molar-refractivity contribution is 0.0995. The fourth-order valence-electron chi connectivity index (χ4n) is 1.33. The summed E-state index contributed by atoms with van der Waals surface area (Å²) in [6.45, 7) is 0. The lowest BCUT2D eigenvalue weighted by atomic mass is 10.3. The molecule has 0 radical (unpaired) electrons. The first-order valence-corrected chi connectivity index (χ1v) is 5.16. The zero-order chi connectivity index (χ0) is 14.0. The van der Waals surface area contributed by atoms with E-state index in [2.05, 4.69) is 4.98 Å². The van der Waals surface area contributed by atoms with Crippen LogP contribution in [-0.4, -0.2) is 10.9 Å². The Labute approximate surface area is 106 Å². The first kappa shape index (κ1) is 12.7. The molecule has 0 bridgehead atoms. The molecule has 1 aromatic carbocycles. The average Bonchev–Trinajstić information content (AvgIpc) is 2.36. The molecule has 2 rings (SSSR count). The number of carbonyl (C=O) groups is 1. The third-order valence-electron chi connectivity index (χ3n) is 2.24. The maximum atomic E-state index is 13.4. The molecule has 2 aromatic rings. The van der Waals surface area contributed by atoms with E-state index in [1.54, 1.807) is 0 Å². The topological polar surface area (TPSA) is 91.2 Å². The number of nitrogens with zero attached hydrogens (tertiary/aromatic N) is 1. The smallest absolute Gasteiger partial charge is 0.267 e. The Hall–Kier alpha value is -2.70. The van der Waals surface area contributed by atoms with Crippen LogP contribution in [0.15, 0.2) is 30.3 Å². The summed E-state index contributed by atoms with van der Waals surface area (Å²) < 4.78 is 31.4. The molecule has 1 amide bonds. The quantitative estimate of drug-likeness (QED) is 0.885. The minimum Gasteiger partial charge on any atom is -0.434 e. The summed E-state index contributed by atoms with van der Waals surface area (Å²) in [6, 6.07) is 5.32. The molecule has 0 saturated heterocycles. The van der Waals surface area contributed by atoms with Crippen molar-refractivity contribution < 1.29 is 18.3 Å². The van der Waals surface area contributed by atoms with Crippen LogP contribution in [0.1, 0.15) is 10.5 Å².